The summed E-state index contributed by atoms with van der Waals surface area (Å²) in [5.74, 6) is -1.14. The Morgan fingerprint density at radius 1 is 0.964 bits per heavy atom. The van der Waals surface area contributed by atoms with Gasteiger partial charge in [-0.05, 0) is 23.8 Å². The van der Waals surface area contributed by atoms with Crippen LogP contribution in [0.15, 0.2) is 48.0 Å². The molecular formula is C20H16Cl2N2O4. The van der Waals surface area contributed by atoms with Crippen molar-refractivity contribution in [3.8, 4) is 5.75 Å². The molecule has 4 amide bonds. The summed E-state index contributed by atoms with van der Waals surface area (Å²) in [7, 11) is 2.61. The SMILES string of the molecule is CN1C(=O)C(=Cc2cc(Cl)cc(Cl)c2OCc2ccccc2)C(=O)N(C)C1=O. The normalized spacial score (nSPS) is 14.6. The lowest BCUT2D eigenvalue weighted by atomic mass is 10.1. The van der Waals surface area contributed by atoms with Crippen molar-refractivity contribution >= 4 is 47.1 Å². The third-order valence-electron chi connectivity index (χ3n) is 4.21. The average Bonchev–Trinajstić information content (AvgIpc) is 2.68. The lowest BCUT2D eigenvalue weighted by molar-refractivity contribution is -0.134. The van der Waals surface area contributed by atoms with Crippen LogP contribution in [-0.4, -0.2) is 41.7 Å². The Bertz CT molecular complexity index is 963. The van der Waals surface area contributed by atoms with Gasteiger partial charge >= 0.3 is 6.03 Å². The molecule has 0 bridgehead atoms. The van der Waals surface area contributed by atoms with Crippen molar-refractivity contribution in [2.24, 2.45) is 0 Å². The molecule has 1 aliphatic heterocycles. The van der Waals surface area contributed by atoms with Gasteiger partial charge < -0.3 is 4.74 Å². The first-order chi connectivity index (χ1) is 13.3. The number of nitrogens with zero attached hydrogens (tertiary/aromatic N) is 2. The zero-order valence-corrected chi connectivity index (χ0v) is 16.6. The van der Waals surface area contributed by atoms with E-state index in [1.807, 2.05) is 30.3 Å². The summed E-state index contributed by atoms with van der Waals surface area (Å²) in [6.07, 6.45) is 1.34. The van der Waals surface area contributed by atoms with Crippen molar-refractivity contribution < 1.29 is 19.1 Å². The van der Waals surface area contributed by atoms with E-state index in [2.05, 4.69) is 0 Å². The van der Waals surface area contributed by atoms with Gasteiger partial charge in [0.1, 0.15) is 17.9 Å². The number of benzene rings is 2. The molecule has 8 heteroatoms. The second kappa shape index (κ2) is 8.04. The quantitative estimate of drug-likeness (QED) is 0.555. The van der Waals surface area contributed by atoms with Crippen molar-refractivity contribution in [3.05, 3.63) is 69.2 Å². The number of hydrogen-bond donors (Lipinski definition) is 0. The highest BCUT2D eigenvalue weighted by Crippen LogP contribution is 2.35. The van der Waals surface area contributed by atoms with E-state index >= 15 is 0 Å². The van der Waals surface area contributed by atoms with Crippen molar-refractivity contribution in [1.82, 2.24) is 9.80 Å². The lowest BCUT2D eigenvalue weighted by Gasteiger charge is -2.29. The van der Waals surface area contributed by atoms with Crippen LogP contribution in [0, 0.1) is 0 Å². The molecule has 2 aromatic carbocycles. The van der Waals surface area contributed by atoms with Gasteiger partial charge in [0, 0.05) is 24.7 Å². The molecule has 6 nitrogen and oxygen atoms in total. The van der Waals surface area contributed by atoms with Gasteiger partial charge in [-0.25, -0.2) is 4.79 Å². The Morgan fingerprint density at radius 3 is 2.18 bits per heavy atom. The van der Waals surface area contributed by atoms with Crippen LogP contribution in [0.2, 0.25) is 10.0 Å². The zero-order valence-electron chi connectivity index (χ0n) is 15.1. The molecule has 0 N–H and O–H groups in total. The first-order valence-corrected chi connectivity index (χ1v) is 9.02. The molecule has 1 fully saturated rings. The fraction of sp³-hybridized carbons (Fsp3) is 0.150. The molecule has 2 aromatic rings. The molecule has 0 atom stereocenters. The number of likely N-dealkylation sites (N-methyl/N-ethyl adjacent to an activating group) is 2. The number of rotatable bonds is 4. The predicted octanol–water partition coefficient (Wildman–Crippen LogP) is 4.01. The molecule has 0 aliphatic carbocycles. The fourth-order valence-corrected chi connectivity index (χ4v) is 3.26. The number of halogens is 2. The summed E-state index contributed by atoms with van der Waals surface area (Å²) in [5, 5.41) is 0.557. The number of urea groups is 1. The molecule has 1 aliphatic rings. The highest BCUT2D eigenvalue weighted by Gasteiger charge is 2.38. The van der Waals surface area contributed by atoms with Gasteiger partial charge in [0.15, 0.2) is 0 Å². The topological polar surface area (TPSA) is 66.9 Å². The molecule has 1 heterocycles. The summed E-state index contributed by atoms with van der Waals surface area (Å²) in [6.45, 7) is 0.235. The summed E-state index contributed by atoms with van der Waals surface area (Å²) in [6, 6.07) is 11.8. The average molecular weight is 419 g/mol. The minimum absolute atomic E-state index is 0.188. The van der Waals surface area contributed by atoms with Gasteiger partial charge in [0.05, 0.1) is 5.02 Å². The summed E-state index contributed by atoms with van der Waals surface area (Å²) >= 11 is 12.4. The monoisotopic (exact) mass is 418 g/mol. The van der Waals surface area contributed by atoms with Crippen molar-refractivity contribution in [2.45, 2.75) is 6.61 Å². The molecule has 0 spiro atoms. The smallest absolute Gasteiger partial charge is 0.333 e. The molecule has 0 unspecified atom stereocenters. The van der Waals surface area contributed by atoms with Crippen LogP contribution in [0.5, 0.6) is 5.75 Å². The number of imide groups is 2. The molecule has 1 saturated heterocycles. The minimum atomic E-state index is -0.710. The Kier molecular flexibility index (Phi) is 5.72. The molecule has 144 valence electrons. The van der Waals surface area contributed by atoms with Crippen LogP contribution in [0.4, 0.5) is 4.79 Å². The van der Waals surface area contributed by atoms with Gasteiger partial charge in [0.25, 0.3) is 11.8 Å². The number of carbonyl (C=O) groups is 3. The van der Waals surface area contributed by atoms with Crippen LogP contribution in [-0.2, 0) is 16.2 Å². The van der Waals surface area contributed by atoms with E-state index in [0.29, 0.717) is 10.6 Å². The van der Waals surface area contributed by atoms with Crippen molar-refractivity contribution in [1.29, 1.82) is 0 Å². The minimum Gasteiger partial charge on any atom is -0.487 e. The number of ether oxygens (including phenoxy) is 1. The van der Waals surface area contributed by atoms with Crippen LogP contribution in [0.25, 0.3) is 6.08 Å². The van der Waals surface area contributed by atoms with E-state index in [4.69, 9.17) is 27.9 Å². The van der Waals surface area contributed by atoms with Crippen LogP contribution < -0.4 is 4.74 Å². The Labute approximate surface area is 171 Å². The summed E-state index contributed by atoms with van der Waals surface area (Å²) in [5.41, 5.74) is 1.09. The highest BCUT2D eigenvalue weighted by molar-refractivity contribution is 6.36. The Morgan fingerprint density at radius 2 is 1.57 bits per heavy atom. The van der Waals surface area contributed by atoms with Gasteiger partial charge in [-0.2, -0.15) is 0 Å². The maximum absolute atomic E-state index is 12.4. The Balaban J connectivity index is 2.01. The van der Waals surface area contributed by atoms with E-state index in [0.717, 1.165) is 15.4 Å². The van der Waals surface area contributed by atoms with Crippen molar-refractivity contribution in [2.75, 3.05) is 14.1 Å². The standard InChI is InChI=1S/C20H16Cl2N2O4/c1-23-18(25)15(19(26)24(2)20(23)27)9-13-8-14(21)10-16(22)17(13)28-11-12-6-4-3-5-7-12/h3-10H,11H2,1-2H3. The first-order valence-electron chi connectivity index (χ1n) is 8.27. The largest absolute Gasteiger partial charge is 0.487 e. The van der Waals surface area contributed by atoms with E-state index in [1.54, 1.807) is 0 Å². The maximum atomic E-state index is 12.4. The third-order valence-corrected chi connectivity index (χ3v) is 4.71. The van der Waals surface area contributed by atoms with Crippen LogP contribution >= 0.6 is 23.2 Å². The van der Waals surface area contributed by atoms with Gasteiger partial charge in [-0.15, -0.1) is 0 Å². The molecule has 0 aromatic heterocycles. The number of amides is 4. The zero-order chi connectivity index (χ0) is 20.4. The van der Waals surface area contributed by atoms with Gasteiger partial charge in [0.2, 0.25) is 0 Å². The second-order valence-electron chi connectivity index (χ2n) is 6.15. The number of carbonyl (C=O) groups excluding carboxylic acids is 3. The van der Waals surface area contributed by atoms with E-state index in [9.17, 15) is 14.4 Å². The molecule has 0 radical (unpaired) electrons. The maximum Gasteiger partial charge on any atom is 0.333 e. The van der Waals surface area contributed by atoms with Gasteiger partial charge in [-0.1, -0.05) is 53.5 Å². The first kappa shape index (κ1) is 19.9. The second-order valence-corrected chi connectivity index (χ2v) is 6.99. The lowest BCUT2D eigenvalue weighted by Crippen LogP contribution is -2.52. The van der Waals surface area contributed by atoms with E-state index < -0.39 is 17.8 Å². The Hall–Kier alpha value is -2.83. The summed E-state index contributed by atoms with van der Waals surface area (Å²) in [4.78, 5) is 38.5. The summed E-state index contributed by atoms with van der Waals surface area (Å²) < 4.78 is 5.84. The van der Waals surface area contributed by atoms with E-state index in [1.165, 1.54) is 32.3 Å². The highest BCUT2D eigenvalue weighted by atomic mass is 35.5. The predicted molar refractivity (Wildman–Crippen MR) is 106 cm³/mol. The number of hydrogen-bond acceptors (Lipinski definition) is 4. The number of barbiturate groups is 1. The molecule has 0 saturated carbocycles. The van der Waals surface area contributed by atoms with Crippen LogP contribution in [0.3, 0.4) is 0 Å². The molecule has 3 rings (SSSR count). The third kappa shape index (κ3) is 3.88. The fourth-order valence-electron chi connectivity index (χ4n) is 2.70. The van der Waals surface area contributed by atoms with Gasteiger partial charge in [-0.3, -0.25) is 19.4 Å². The molecular weight excluding hydrogens is 403 g/mol. The van der Waals surface area contributed by atoms with E-state index in [-0.39, 0.29) is 23.0 Å². The van der Waals surface area contributed by atoms with Crippen molar-refractivity contribution in [3.63, 3.8) is 0 Å². The molecule has 28 heavy (non-hydrogen) atoms. The van der Waals surface area contributed by atoms with Crippen LogP contribution in [0.1, 0.15) is 11.1 Å².